The SMILES string of the molecule is COc1c(C)n(CCOc2ccc(Cl)cc2-c2ccnc3c(C(=O)O)csc23)c(=O)c2c(C#N)cc(C(F)(F)F)cc12. The van der Waals surface area contributed by atoms with Crippen molar-refractivity contribution in [3.63, 3.8) is 0 Å². The molecule has 42 heavy (non-hydrogen) atoms. The normalized spacial score (nSPS) is 11.5. The van der Waals surface area contributed by atoms with Gasteiger partial charge in [-0.1, -0.05) is 11.6 Å². The number of carboxylic acid groups (broad SMARTS) is 1. The summed E-state index contributed by atoms with van der Waals surface area (Å²) in [7, 11) is 1.27. The number of fused-ring (bicyclic) bond motifs is 2. The molecule has 0 aliphatic heterocycles. The lowest BCUT2D eigenvalue weighted by Crippen LogP contribution is -2.27. The molecule has 3 heterocycles. The van der Waals surface area contributed by atoms with Crippen LogP contribution in [0.4, 0.5) is 13.2 Å². The monoisotopic (exact) mass is 613 g/mol. The lowest BCUT2D eigenvalue weighted by Gasteiger charge is -2.19. The van der Waals surface area contributed by atoms with Crippen LogP contribution in [-0.4, -0.2) is 34.3 Å². The molecule has 0 aliphatic rings. The number of rotatable bonds is 7. The molecule has 0 aliphatic carbocycles. The average Bonchev–Trinajstić information content (AvgIpc) is 3.39. The summed E-state index contributed by atoms with van der Waals surface area (Å²) in [5, 5.41) is 20.7. The van der Waals surface area contributed by atoms with Gasteiger partial charge in [0, 0.05) is 33.1 Å². The van der Waals surface area contributed by atoms with Gasteiger partial charge in [0.15, 0.2) is 0 Å². The number of alkyl halides is 3. The summed E-state index contributed by atoms with van der Waals surface area (Å²) in [6.45, 7) is 1.45. The van der Waals surface area contributed by atoms with Crippen LogP contribution in [0.15, 0.2) is 52.8 Å². The standard InChI is InChI=1S/C29H19ClF3N3O5S/c1-14-25(40-2)20-10-16(29(31,32)33)9-15(12-34)23(20)27(37)36(14)7-8-41-22-4-3-17(30)11-19(22)18-5-6-35-24-21(28(38)39)13-42-26(18)24/h3-6,9-11,13H,7-8H2,1-2H3,(H,38,39). The molecule has 0 atom stereocenters. The second-order valence-corrected chi connectivity index (χ2v) is 10.4. The van der Waals surface area contributed by atoms with Gasteiger partial charge in [-0.25, -0.2) is 4.79 Å². The zero-order valence-electron chi connectivity index (χ0n) is 21.9. The lowest BCUT2D eigenvalue weighted by molar-refractivity contribution is -0.137. The van der Waals surface area contributed by atoms with Gasteiger partial charge in [0.05, 0.1) is 57.7 Å². The zero-order chi connectivity index (χ0) is 30.3. The molecule has 0 radical (unpaired) electrons. The Balaban J connectivity index is 1.54. The minimum Gasteiger partial charge on any atom is -0.494 e. The number of hydrogen-bond acceptors (Lipinski definition) is 7. The summed E-state index contributed by atoms with van der Waals surface area (Å²) in [4.78, 5) is 29.3. The molecule has 0 amide bonds. The molecular formula is C29H19ClF3N3O5S. The third-order valence-electron chi connectivity index (χ3n) is 6.72. The highest BCUT2D eigenvalue weighted by atomic mass is 35.5. The zero-order valence-corrected chi connectivity index (χ0v) is 23.4. The lowest BCUT2D eigenvalue weighted by atomic mass is 10.0. The molecular weight excluding hydrogens is 595 g/mol. The van der Waals surface area contributed by atoms with Crippen LogP contribution in [0.1, 0.15) is 27.2 Å². The van der Waals surface area contributed by atoms with Crippen molar-refractivity contribution in [3.05, 3.63) is 85.7 Å². The highest BCUT2D eigenvalue weighted by Crippen LogP contribution is 2.40. The van der Waals surface area contributed by atoms with E-state index in [1.54, 1.807) is 30.3 Å². The Morgan fingerprint density at radius 2 is 1.98 bits per heavy atom. The summed E-state index contributed by atoms with van der Waals surface area (Å²) >= 11 is 7.50. The first-order valence-corrected chi connectivity index (χ1v) is 13.5. The minimum atomic E-state index is -4.73. The second-order valence-electron chi connectivity index (χ2n) is 9.11. The van der Waals surface area contributed by atoms with Crippen molar-refractivity contribution >= 4 is 49.9 Å². The molecule has 0 spiro atoms. The number of ether oxygens (including phenoxy) is 2. The number of halogens is 4. The number of benzene rings is 2. The van der Waals surface area contributed by atoms with Gasteiger partial charge in [-0.05, 0) is 43.3 Å². The number of thiophene rings is 1. The van der Waals surface area contributed by atoms with Crippen molar-refractivity contribution in [1.29, 1.82) is 5.26 Å². The molecule has 3 aromatic heterocycles. The fourth-order valence-corrected chi connectivity index (χ4v) is 6.02. The molecule has 2 aromatic carbocycles. The van der Waals surface area contributed by atoms with Gasteiger partial charge in [-0.2, -0.15) is 18.4 Å². The Labute approximate surface area is 244 Å². The molecule has 5 aromatic rings. The largest absolute Gasteiger partial charge is 0.494 e. The Bertz CT molecular complexity index is 2000. The summed E-state index contributed by atoms with van der Waals surface area (Å²) in [5.41, 5.74) is -0.278. The number of nitrogens with zero attached hydrogens (tertiary/aromatic N) is 3. The number of aromatic carboxylic acids is 1. The van der Waals surface area contributed by atoms with Crippen LogP contribution < -0.4 is 15.0 Å². The average molecular weight is 614 g/mol. The van der Waals surface area contributed by atoms with Crippen molar-refractivity contribution in [3.8, 4) is 28.7 Å². The number of methoxy groups -OCH3 is 1. The van der Waals surface area contributed by atoms with Crippen LogP contribution in [0.25, 0.3) is 32.1 Å². The van der Waals surface area contributed by atoms with Crippen molar-refractivity contribution in [2.24, 2.45) is 0 Å². The van der Waals surface area contributed by atoms with Crippen molar-refractivity contribution in [2.75, 3.05) is 13.7 Å². The van der Waals surface area contributed by atoms with E-state index in [2.05, 4.69) is 4.98 Å². The molecule has 13 heteroatoms. The van der Waals surface area contributed by atoms with Crippen molar-refractivity contribution in [1.82, 2.24) is 9.55 Å². The van der Waals surface area contributed by atoms with E-state index in [4.69, 9.17) is 21.1 Å². The van der Waals surface area contributed by atoms with E-state index in [1.807, 2.05) is 0 Å². The Morgan fingerprint density at radius 1 is 1.21 bits per heavy atom. The van der Waals surface area contributed by atoms with E-state index in [1.165, 1.54) is 41.5 Å². The van der Waals surface area contributed by atoms with E-state index in [0.717, 1.165) is 6.07 Å². The molecule has 0 fully saturated rings. The third kappa shape index (κ3) is 5.01. The number of carbonyl (C=O) groups is 1. The number of hydrogen-bond donors (Lipinski definition) is 1. The maximum Gasteiger partial charge on any atom is 0.416 e. The number of aromatic nitrogens is 2. The highest BCUT2D eigenvalue weighted by Gasteiger charge is 2.33. The molecule has 0 saturated carbocycles. The van der Waals surface area contributed by atoms with Gasteiger partial charge in [0.2, 0.25) is 0 Å². The summed E-state index contributed by atoms with van der Waals surface area (Å²) in [5.74, 6) is -0.678. The third-order valence-corrected chi connectivity index (χ3v) is 7.95. The van der Waals surface area contributed by atoms with Crippen LogP contribution >= 0.6 is 22.9 Å². The number of pyridine rings is 2. The quantitative estimate of drug-likeness (QED) is 0.212. The van der Waals surface area contributed by atoms with Crippen LogP contribution in [-0.2, 0) is 12.7 Å². The van der Waals surface area contributed by atoms with Gasteiger partial charge in [0.25, 0.3) is 5.56 Å². The first kappa shape index (κ1) is 28.9. The number of carboxylic acids is 1. The molecule has 0 bridgehead atoms. The summed E-state index contributed by atoms with van der Waals surface area (Å²) in [6.07, 6.45) is -3.24. The first-order chi connectivity index (χ1) is 20.0. The Morgan fingerprint density at radius 3 is 2.64 bits per heavy atom. The van der Waals surface area contributed by atoms with Crippen LogP contribution in [0.2, 0.25) is 5.02 Å². The first-order valence-electron chi connectivity index (χ1n) is 12.2. The molecule has 8 nitrogen and oxygen atoms in total. The van der Waals surface area contributed by atoms with E-state index >= 15 is 0 Å². The Kier molecular flexibility index (Phi) is 7.57. The second kappa shape index (κ2) is 11.0. The van der Waals surface area contributed by atoms with Crippen LogP contribution in [0.3, 0.4) is 0 Å². The van der Waals surface area contributed by atoms with Gasteiger partial charge in [0.1, 0.15) is 18.1 Å². The fourth-order valence-electron chi connectivity index (χ4n) is 4.82. The molecule has 0 saturated heterocycles. The van der Waals surface area contributed by atoms with Gasteiger partial charge in [-0.15, -0.1) is 11.3 Å². The molecule has 1 N–H and O–H groups in total. The fraction of sp³-hybridized carbons (Fsp3) is 0.172. The Hall–Kier alpha value is -4.60. The molecule has 214 valence electrons. The van der Waals surface area contributed by atoms with Gasteiger partial charge >= 0.3 is 12.1 Å². The summed E-state index contributed by atoms with van der Waals surface area (Å²) in [6, 6.07) is 9.79. The predicted molar refractivity (Wildman–Crippen MR) is 152 cm³/mol. The maximum absolute atomic E-state index is 13.5. The van der Waals surface area contributed by atoms with Crippen LogP contribution in [0.5, 0.6) is 11.5 Å². The number of nitriles is 1. The topological polar surface area (TPSA) is 114 Å². The summed E-state index contributed by atoms with van der Waals surface area (Å²) < 4.78 is 53.8. The molecule has 5 rings (SSSR count). The minimum absolute atomic E-state index is 0.0289. The maximum atomic E-state index is 13.5. The molecule has 0 unspecified atom stereocenters. The smallest absolute Gasteiger partial charge is 0.416 e. The van der Waals surface area contributed by atoms with Gasteiger partial charge in [-0.3, -0.25) is 9.78 Å². The van der Waals surface area contributed by atoms with E-state index < -0.39 is 28.8 Å². The van der Waals surface area contributed by atoms with Crippen LogP contribution in [0, 0.1) is 18.3 Å². The van der Waals surface area contributed by atoms with Crippen molar-refractivity contribution < 1.29 is 32.5 Å². The van der Waals surface area contributed by atoms with E-state index in [-0.39, 0.29) is 40.9 Å². The highest BCUT2D eigenvalue weighted by molar-refractivity contribution is 7.18. The van der Waals surface area contributed by atoms with Gasteiger partial charge < -0.3 is 19.1 Å². The van der Waals surface area contributed by atoms with Crippen molar-refractivity contribution in [2.45, 2.75) is 19.6 Å². The van der Waals surface area contributed by atoms with E-state index in [0.29, 0.717) is 38.2 Å². The van der Waals surface area contributed by atoms with E-state index in [9.17, 15) is 33.1 Å². The predicted octanol–water partition coefficient (Wildman–Crippen LogP) is 6.92.